The van der Waals surface area contributed by atoms with Gasteiger partial charge in [-0.15, -0.1) is 0 Å². The summed E-state index contributed by atoms with van der Waals surface area (Å²) in [5.74, 6) is -0.227. The zero-order chi connectivity index (χ0) is 13.8. The molecule has 0 heterocycles. The highest BCUT2D eigenvalue weighted by molar-refractivity contribution is 9.10. The van der Waals surface area contributed by atoms with Gasteiger partial charge in [-0.25, -0.2) is 4.39 Å². The summed E-state index contributed by atoms with van der Waals surface area (Å²) in [6.07, 6.45) is 0.860. The SMILES string of the molecule is CN(c1ccc(F)cc1)c1ccc(CCN)cc1Br. The van der Waals surface area contributed by atoms with E-state index in [0.717, 1.165) is 22.3 Å². The third kappa shape index (κ3) is 3.33. The van der Waals surface area contributed by atoms with Crippen LogP contribution in [-0.2, 0) is 6.42 Å². The summed E-state index contributed by atoms with van der Waals surface area (Å²) in [5.41, 5.74) is 8.73. The smallest absolute Gasteiger partial charge is 0.123 e. The summed E-state index contributed by atoms with van der Waals surface area (Å²) >= 11 is 3.57. The molecule has 0 fully saturated rings. The minimum Gasteiger partial charge on any atom is -0.344 e. The zero-order valence-electron chi connectivity index (χ0n) is 10.7. The lowest BCUT2D eigenvalue weighted by Crippen LogP contribution is -2.10. The number of nitrogens with zero attached hydrogens (tertiary/aromatic N) is 1. The van der Waals surface area contributed by atoms with Crippen LogP contribution in [0.2, 0.25) is 0 Å². The molecule has 4 heteroatoms. The highest BCUT2D eigenvalue weighted by atomic mass is 79.9. The van der Waals surface area contributed by atoms with Gasteiger partial charge in [-0.2, -0.15) is 0 Å². The van der Waals surface area contributed by atoms with Crippen LogP contribution in [0.25, 0.3) is 0 Å². The van der Waals surface area contributed by atoms with Gasteiger partial charge in [0.15, 0.2) is 0 Å². The van der Waals surface area contributed by atoms with Crippen molar-refractivity contribution in [3.63, 3.8) is 0 Å². The van der Waals surface area contributed by atoms with Crippen molar-refractivity contribution < 1.29 is 4.39 Å². The largest absolute Gasteiger partial charge is 0.344 e. The summed E-state index contributed by atoms with van der Waals surface area (Å²) in [6, 6.07) is 12.6. The van der Waals surface area contributed by atoms with Crippen molar-refractivity contribution in [1.82, 2.24) is 0 Å². The lowest BCUT2D eigenvalue weighted by Gasteiger charge is -2.21. The van der Waals surface area contributed by atoms with Gasteiger partial charge >= 0.3 is 0 Å². The molecule has 2 nitrogen and oxygen atoms in total. The maximum absolute atomic E-state index is 12.9. The molecule has 2 N–H and O–H groups in total. The Hall–Kier alpha value is -1.39. The molecule has 2 rings (SSSR count). The van der Waals surface area contributed by atoms with Crippen LogP contribution in [0.1, 0.15) is 5.56 Å². The number of hydrogen-bond acceptors (Lipinski definition) is 2. The van der Waals surface area contributed by atoms with E-state index in [1.165, 1.54) is 17.7 Å². The highest BCUT2D eigenvalue weighted by Gasteiger charge is 2.08. The summed E-state index contributed by atoms with van der Waals surface area (Å²) < 4.78 is 13.9. The lowest BCUT2D eigenvalue weighted by atomic mass is 10.1. The first-order valence-corrected chi connectivity index (χ1v) is 6.89. The summed E-state index contributed by atoms with van der Waals surface area (Å²) in [7, 11) is 1.95. The maximum atomic E-state index is 12.9. The third-order valence-corrected chi connectivity index (χ3v) is 3.66. The van der Waals surface area contributed by atoms with E-state index in [1.807, 2.05) is 18.0 Å². The Morgan fingerprint density at radius 2 is 1.84 bits per heavy atom. The van der Waals surface area contributed by atoms with Crippen molar-refractivity contribution in [3.8, 4) is 0 Å². The molecule has 0 unspecified atom stereocenters. The average Bonchev–Trinajstić information content (AvgIpc) is 2.39. The monoisotopic (exact) mass is 322 g/mol. The van der Waals surface area contributed by atoms with Crippen LogP contribution in [0.15, 0.2) is 46.9 Å². The first kappa shape index (κ1) is 14.0. The normalized spacial score (nSPS) is 10.5. The second-order valence-corrected chi connectivity index (χ2v) is 5.21. The second-order valence-electron chi connectivity index (χ2n) is 4.36. The predicted octanol–water partition coefficient (Wildman–Crippen LogP) is 3.86. The molecule has 2 aromatic carbocycles. The molecule has 0 spiro atoms. The van der Waals surface area contributed by atoms with E-state index in [-0.39, 0.29) is 5.82 Å². The average molecular weight is 323 g/mol. The molecule has 0 saturated carbocycles. The van der Waals surface area contributed by atoms with E-state index in [2.05, 4.69) is 28.1 Å². The molecular weight excluding hydrogens is 307 g/mol. The fourth-order valence-corrected chi connectivity index (χ4v) is 2.64. The Kier molecular flexibility index (Phi) is 4.56. The van der Waals surface area contributed by atoms with E-state index in [4.69, 9.17) is 5.73 Å². The predicted molar refractivity (Wildman–Crippen MR) is 81.4 cm³/mol. The number of benzene rings is 2. The third-order valence-electron chi connectivity index (χ3n) is 3.02. The van der Waals surface area contributed by atoms with E-state index in [0.29, 0.717) is 6.54 Å². The Bertz CT molecular complexity index is 555. The van der Waals surface area contributed by atoms with Gasteiger partial charge in [0, 0.05) is 17.2 Å². The molecule has 2 aromatic rings. The van der Waals surface area contributed by atoms with Crippen LogP contribution in [0.5, 0.6) is 0 Å². The van der Waals surface area contributed by atoms with Crippen molar-refractivity contribution in [1.29, 1.82) is 0 Å². The van der Waals surface area contributed by atoms with Crippen LogP contribution in [-0.4, -0.2) is 13.6 Å². The number of halogens is 2. The van der Waals surface area contributed by atoms with E-state index in [9.17, 15) is 4.39 Å². The van der Waals surface area contributed by atoms with Crippen molar-refractivity contribution in [2.45, 2.75) is 6.42 Å². The van der Waals surface area contributed by atoms with Gasteiger partial charge in [0.1, 0.15) is 5.82 Å². The second kappa shape index (κ2) is 6.17. The fourth-order valence-electron chi connectivity index (χ4n) is 1.95. The van der Waals surface area contributed by atoms with Gasteiger partial charge < -0.3 is 10.6 Å². The minimum absolute atomic E-state index is 0.227. The molecule has 0 saturated heterocycles. The van der Waals surface area contributed by atoms with Gasteiger partial charge in [-0.1, -0.05) is 6.07 Å². The Morgan fingerprint density at radius 1 is 1.16 bits per heavy atom. The minimum atomic E-state index is -0.227. The van der Waals surface area contributed by atoms with Crippen molar-refractivity contribution in [2.24, 2.45) is 5.73 Å². The Labute approximate surface area is 121 Å². The molecule has 0 aliphatic heterocycles. The molecule has 0 atom stereocenters. The van der Waals surface area contributed by atoms with E-state index < -0.39 is 0 Å². The van der Waals surface area contributed by atoms with Crippen LogP contribution in [0, 0.1) is 5.82 Å². The molecule has 0 aliphatic rings. The number of anilines is 2. The first-order chi connectivity index (χ1) is 9.11. The van der Waals surface area contributed by atoms with Gasteiger partial charge in [-0.3, -0.25) is 0 Å². The van der Waals surface area contributed by atoms with Crippen molar-refractivity contribution in [3.05, 3.63) is 58.3 Å². The highest BCUT2D eigenvalue weighted by Crippen LogP contribution is 2.31. The molecule has 0 radical (unpaired) electrons. The topological polar surface area (TPSA) is 29.3 Å². The van der Waals surface area contributed by atoms with Gasteiger partial charge in [0.2, 0.25) is 0 Å². The first-order valence-electron chi connectivity index (χ1n) is 6.09. The molecule has 0 aromatic heterocycles. The number of rotatable bonds is 4. The van der Waals surface area contributed by atoms with Crippen molar-refractivity contribution in [2.75, 3.05) is 18.5 Å². The number of nitrogens with two attached hydrogens (primary N) is 1. The maximum Gasteiger partial charge on any atom is 0.123 e. The summed E-state index contributed by atoms with van der Waals surface area (Å²) in [6.45, 7) is 0.638. The molecular formula is C15H16BrFN2. The molecule has 100 valence electrons. The van der Waals surface area contributed by atoms with Gasteiger partial charge in [0.25, 0.3) is 0 Å². The quantitative estimate of drug-likeness (QED) is 0.926. The van der Waals surface area contributed by atoms with E-state index in [1.54, 1.807) is 12.1 Å². The molecule has 19 heavy (non-hydrogen) atoms. The van der Waals surface area contributed by atoms with Crippen LogP contribution >= 0.6 is 15.9 Å². The molecule has 0 amide bonds. The molecule has 0 bridgehead atoms. The Balaban J connectivity index is 2.28. The number of hydrogen-bond donors (Lipinski definition) is 1. The van der Waals surface area contributed by atoms with Crippen LogP contribution in [0.4, 0.5) is 15.8 Å². The van der Waals surface area contributed by atoms with E-state index >= 15 is 0 Å². The van der Waals surface area contributed by atoms with Gasteiger partial charge in [0.05, 0.1) is 5.69 Å². The standard InChI is InChI=1S/C15H16BrFN2/c1-19(13-5-3-12(17)4-6-13)15-7-2-11(8-9-18)10-14(15)16/h2-7,10H,8-9,18H2,1H3. The van der Waals surface area contributed by atoms with Gasteiger partial charge in [-0.05, 0) is 70.9 Å². The van der Waals surface area contributed by atoms with Crippen molar-refractivity contribution >= 4 is 27.3 Å². The van der Waals surface area contributed by atoms with Crippen LogP contribution < -0.4 is 10.6 Å². The lowest BCUT2D eigenvalue weighted by molar-refractivity contribution is 0.628. The summed E-state index contributed by atoms with van der Waals surface area (Å²) in [5, 5.41) is 0. The van der Waals surface area contributed by atoms with Crippen LogP contribution in [0.3, 0.4) is 0 Å². The molecule has 0 aliphatic carbocycles. The fraction of sp³-hybridized carbons (Fsp3) is 0.200. The summed E-state index contributed by atoms with van der Waals surface area (Å²) in [4.78, 5) is 2.01. The Morgan fingerprint density at radius 3 is 2.42 bits per heavy atom. The zero-order valence-corrected chi connectivity index (χ0v) is 12.3.